The van der Waals surface area contributed by atoms with Gasteiger partial charge in [-0.25, -0.2) is 4.79 Å². The van der Waals surface area contributed by atoms with Gasteiger partial charge in [0.25, 0.3) is 0 Å². The van der Waals surface area contributed by atoms with Gasteiger partial charge in [-0.05, 0) is 25.3 Å². The van der Waals surface area contributed by atoms with Crippen molar-refractivity contribution in [3.8, 4) is 0 Å². The summed E-state index contributed by atoms with van der Waals surface area (Å²) in [6, 6.07) is 7.58. The first kappa shape index (κ1) is 16.1. The van der Waals surface area contributed by atoms with Crippen LogP contribution in [0.15, 0.2) is 36.9 Å². The molecule has 0 radical (unpaired) electrons. The predicted molar refractivity (Wildman–Crippen MR) is 82.8 cm³/mol. The fraction of sp³-hybridized carbons (Fsp3) is 0.412. The molecule has 1 aliphatic heterocycles. The first-order chi connectivity index (χ1) is 10.5. The van der Waals surface area contributed by atoms with Gasteiger partial charge in [-0.2, -0.15) is 0 Å². The van der Waals surface area contributed by atoms with E-state index < -0.39 is 17.5 Å². The SMILES string of the molecule is C=CCOC(=O)N1CCC(C(=O)O)(c2ccc(C)cc2)CC1. The van der Waals surface area contributed by atoms with Crippen molar-refractivity contribution in [1.82, 2.24) is 4.90 Å². The van der Waals surface area contributed by atoms with Crippen LogP contribution in [0.5, 0.6) is 0 Å². The zero-order chi connectivity index (χ0) is 16.2. The van der Waals surface area contributed by atoms with E-state index >= 15 is 0 Å². The summed E-state index contributed by atoms with van der Waals surface area (Å²) in [4.78, 5) is 25.2. The number of nitrogens with zero attached hydrogens (tertiary/aromatic N) is 1. The number of amides is 1. The molecule has 0 spiro atoms. The Bertz CT molecular complexity index is 557. The Hall–Kier alpha value is -2.30. The highest BCUT2D eigenvalue weighted by Crippen LogP contribution is 2.36. The van der Waals surface area contributed by atoms with Crippen LogP contribution in [-0.2, 0) is 14.9 Å². The molecule has 1 heterocycles. The van der Waals surface area contributed by atoms with E-state index in [1.54, 1.807) is 4.90 Å². The number of carboxylic acid groups (broad SMARTS) is 1. The van der Waals surface area contributed by atoms with Crippen molar-refractivity contribution in [2.75, 3.05) is 19.7 Å². The van der Waals surface area contributed by atoms with Crippen molar-refractivity contribution in [3.63, 3.8) is 0 Å². The quantitative estimate of drug-likeness (QED) is 0.869. The summed E-state index contributed by atoms with van der Waals surface area (Å²) in [5.41, 5.74) is 0.961. The van der Waals surface area contributed by atoms with E-state index in [4.69, 9.17) is 4.74 Å². The Morgan fingerprint density at radius 2 is 1.91 bits per heavy atom. The van der Waals surface area contributed by atoms with E-state index in [0.29, 0.717) is 25.9 Å². The van der Waals surface area contributed by atoms with Crippen LogP contribution < -0.4 is 0 Å². The van der Waals surface area contributed by atoms with Gasteiger partial charge in [0.05, 0.1) is 5.41 Å². The zero-order valence-corrected chi connectivity index (χ0v) is 12.7. The maximum absolute atomic E-state index is 11.9. The van der Waals surface area contributed by atoms with Crippen LogP contribution in [0.4, 0.5) is 4.79 Å². The molecule has 0 bridgehead atoms. The van der Waals surface area contributed by atoms with Gasteiger partial charge >= 0.3 is 12.1 Å². The van der Waals surface area contributed by atoms with E-state index in [2.05, 4.69) is 6.58 Å². The van der Waals surface area contributed by atoms with Gasteiger partial charge in [0.2, 0.25) is 0 Å². The highest BCUT2D eigenvalue weighted by Gasteiger charge is 2.44. The van der Waals surface area contributed by atoms with Gasteiger partial charge in [-0.15, -0.1) is 0 Å². The van der Waals surface area contributed by atoms with E-state index in [9.17, 15) is 14.7 Å². The Kier molecular flexibility index (Phi) is 4.85. The summed E-state index contributed by atoms with van der Waals surface area (Å²) in [7, 11) is 0. The number of hydrogen-bond acceptors (Lipinski definition) is 3. The van der Waals surface area contributed by atoms with Crippen molar-refractivity contribution >= 4 is 12.1 Å². The van der Waals surface area contributed by atoms with Crippen LogP contribution in [0, 0.1) is 6.92 Å². The lowest BCUT2D eigenvalue weighted by molar-refractivity contribution is -0.145. The number of ether oxygens (including phenoxy) is 1. The number of carbonyl (C=O) groups is 2. The zero-order valence-electron chi connectivity index (χ0n) is 12.7. The molecule has 5 heteroatoms. The summed E-state index contributed by atoms with van der Waals surface area (Å²) < 4.78 is 5.00. The van der Waals surface area contributed by atoms with E-state index in [-0.39, 0.29) is 6.61 Å². The van der Waals surface area contributed by atoms with Gasteiger partial charge in [0.15, 0.2) is 0 Å². The third kappa shape index (κ3) is 3.13. The fourth-order valence-corrected chi connectivity index (χ4v) is 2.79. The summed E-state index contributed by atoms with van der Waals surface area (Å²) in [5.74, 6) is -0.838. The van der Waals surface area contributed by atoms with Crippen molar-refractivity contribution < 1.29 is 19.4 Å². The molecule has 1 fully saturated rings. The number of aryl methyl sites for hydroxylation is 1. The molecule has 0 aromatic heterocycles. The molecule has 1 aromatic rings. The standard InChI is InChI=1S/C17H21NO4/c1-3-12-22-16(21)18-10-8-17(9-11-18,15(19)20)14-6-4-13(2)5-7-14/h3-7H,1,8-12H2,2H3,(H,19,20). The smallest absolute Gasteiger partial charge is 0.410 e. The maximum atomic E-state index is 11.9. The minimum absolute atomic E-state index is 0.164. The van der Waals surface area contributed by atoms with E-state index in [0.717, 1.165) is 11.1 Å². The second-order valence-electron chi connectivity index (χ2n) is 5.61. The number of benzene rings is 1. The van der Waals surface area contributed by atoms with Crippen LogP contribution in [0.3, 0.4) is 0 Å². The molecule has 0 aliphatic carbocycles. The molecule has 1 aromatic carbocycles. The number of carboxylic acids is 1. The topological polar surface area (TPSA) is 66.8 Å². The van der Waals surface area contributed by atoms with Crippen molar-refractivity contribution in [2.24, 2.45) is 0 Å². The first-order valence-corrected chi connectivity index (χ1v) is 7.33. The molecular formula is C17H21NO4. The predicted octanol–water partition coefficient (Wildman–Crippen LogP) is 2.74. The average Bonchev–Trinajstić information content (AvgIpc) is 2.53. The average molecular weight is 303 g/mol. The van der Waals surface area contributed by atoms with Crippen molar-refractivity contribution in [3.05, 3.63) is 48.0 Å². The van der Waals surface area contributed by atoms with Crippen molar-refractivity contribution in [1.29, 1.82) is 0 Å². The summed E-state index contributed by atoms with van der Waals surface area (Å²) in [5, 5.41) is 9.73. The number of carbonyl (C=O) groups excluding carboxylic acids is 1. The Morgan fingerprint density at radius 1 is 1.32 bits per heavy atom. The Morgan fingerprint density at radius 3 is 2.41 bits per heavy atom. The largest absolute Gasteiger partial charge is 0.481 e. The third-order valence-corrected chi connectivity index (χ3v) is 4.21. The maximum Gasteiger partial charge on any atom is 0.410 e. The number of piperidine rings is 1. The van der Waals surface area contributed by atoms with Gasteiger partial charge in [0.1, 0.15) is 6.61 Å². The Balaban J connectivity index is 2.13. The second kappa shape index (κ2) is 6.64. The molecule has 2 rings (SSSR count). The minimum Gasteiger partial charge on any atom is -0.481 e. The number of hydrogen-bond donors (Lipinski definition) is 1. The monoisotopic (exact) mass is 303 g/mol. The lowest BCUT2D eigenvalue weighted by Gasteiger charge is -2.38. The first-order valence-electron chi connectivity index (χ1n) is 7.33. The van der Waals surface area contributed by atoms with E-state index in [1.165, 1.54) is 6.08 Å². The van der Waals surface area contributed by atoms with Crippen LogP contribution >= 0.6 is 0 Å². The molecule has 0 saturated carbocycles. The van der Waals surface area contributed by atoms with E-state index in [1.807, 2.05) is 31.2 Å². The molecule has 22 heavy (non-hydrogen) atoms. The van der Waals surface area contributed by atoms with Gasteiger partial charge in [-0.1, -0.05) is 42.5 Å². The minimum atomic E-state index is -0.928. The lowest BCUT2D eigenvalue weighted by atomic mass is 9.72. The molecular weight excluding hydrogens is 282 g/mol. The van der Waals surface area contributed by atoms with Gasteiger partial charge in [0, 0.05) is 13.1 Å². The normalized spacial score (nSPS) is 16.9. The molecule has 1 aliphatic rings. The Labute approximate surface area is 130 Å². The summed E-state index contributed by atoms with van der Waals surface area (Å²) >= 11 is 0. The highest BCUT2D eigenvalue weighted by molar-refractivity contribution is 5.82. The third-order valence-electron chi connectivity index (χ3n) is 4.21. The second-order valence-corrected chi connectivity index (χ2v) is 5.61. The highest BCUT2D eigenvalue weighted by atomic mass is 16.6. The van der Waals surface area contributed by atoms with Gasteiger partial charge < -0.3 is 14.7 Å². The van der Waals surface area contributed by atoms with Crippen LogP contribution in [-0.4, -0.2) is 41.8 Å². The molecule has 0 atom stereocenters. The lowest BCUT2D eigenvalue weighted by Crippen LogP contribution is -2.49. The molecule has 0 unspecified atom stereocenters. The van der Waals surface area contributed by atoms with Gasteiger partial charge in [-0.3, -0.25) is 4.79 Å². The molecule has 1 amide bonds. The van der Waals surface area contributed by atoms with Crippen LogP contribution in [0.25, 0.3) is 0 Å². The van der Waals surface area contributed by atoms with Crippen LogP contribution in [0.2, 0.25) is 0 Å². The molecule has 1 N–H and O–H groups in total. The molecule has 5 nitrogen and oxygen atoms in total. The van der Waals surface area contributed by atoms with Crippen LogP contribution in [0.1, 0.15) is 24.0 Å². The number of aliphatic carboxylic acids is 1. The summed E-state index contributed by atoms with van der Waals surface area (Å²) in [6.07, 6.45) is 1.86. The summed E-state index contributed by atoms with van der Waals surface area (Å²) in [6.45, 7) is 6.37. The number of rotatable bonds is 4. The van der Waals surface area contributed by atoms with Crippen molar-refractivity contribution in [2.45, 2.75) is 25.2 Å². The number of likely N-dealkylation sites (tertiary alicyclic amines) is 1. The molecule has 118 valence electrons. The molecule has 1 saturated heterocycles. The fourth-order valence-electron chi connectivity index (χ4n) is 2.79.